The number of hydrogen-bond acceptors (Lipinski definition) is 3. The van der Waals surface area contributed by atoms with E-state index in [9.17, 15) is 0 Å². The molecular weight excluding hydrogens is 262 g/mol. The van der Waals surface area contributed by atoms with Crippen molar-refractivity contribution in [1.29, 1.82) is 0 Å². The molecule has 2 unspecified atom stereocenters. The van der Waals surface area contributed by atoms with Gasteiger partial charge in [0.2, 0.25) is 0 Å². The lowest BCUT2D eigenvalue weighted by Crippen LogP contribution is -2.25. The molecule has 2 rings (SSSR count). The van der Waals surface area contributed by atoms with Crippen LogP contribution in [0.1, 0.15) is 51.5 Å². The summed E-state index contributed by atoms with van der Waals surface area (Å²) in [6, 6.07) is 6.27. The van der Waals surface area contributed by atoms with E-state index < -0.39 is 0 Å². The minimum atomic E-state index is 0.345. The van der Waals surface area contributed by atoms with E-state index in [1.165, 1.54) is 37.7 Å². The average Bonchev–Trinajstić information content (AvgIpc) is 2.51. The first-order chi connectivity index (χ1) is 10.3. The van der Waals surface area contributed by atoms with Crippen molar-refractivity contribution < 1.29 is 9.47 Å². The molecule has 1 aromatic rings. The summed E-state index contributed by atoms with van der Waals surface area (Å²) in [4.78, 5) is 0. The summed E-state index contributed by atoms with van der Waals surface area (Å²) in [5.74, 6) is 2.60. The van der Waals surface area contributed by atoms with Crippen molar-refractivity contribution in [2.45, 2.75) is 58.6 Å². The Morgan fingerprint density at radius 2 is 2.05 bits per heavy atom. The van der Waals surface area contributed by atoms with Gasteiger partial charge in [-0.05, 0) is 56.8 Å². The number of nitrogens with one attached hydrogen (secondary N) is 1. The Morgan fingerprint density at radius 3 is 2.76 bits per heavy atom. The lowest BCUT2D eigenvalue weighted by Gasteiger charge is -2.29. The third kappa shape index (κ3) is 4.63. The Labute approximate surface area is 129 Å². The second kappa shape index (κ2) is 8.28. The van der Waals surface area contributed by atoms with Gasteiger partial charge in [-0.3, -0.25) is 0 Å². The molecule has 1 aliphatic carbocycles. The van der Waals surface area contributed by atoms with Crippen LogP contribution in [0.4, 0.5) is 0 Å². The van der Waals surface area contributed by atoms with Gasteiger partial charge >= 0.3 is 0 Å². The predicted octanol–water partition coefficient (Wildman–Crippen LogP) is 4.15. The quantitative estimate of drug-likeness (QED) is 0.818. The monoisotopic (exact) mass is 291 g/mol. The molecule has 3 nitrogen and oxygen atoms in total. The highest BCUT2D eigenvalue weighted by Crippen LogP contribution is 2.34. The fourth-order valence-corrected chi connectivity index (χ4v) is 3.13. The van der Waals surface area contributed by atoms with E-state index >= 15 is 0 Å². The standard InChI is InChI=1S/C18H29NO2/c1-4-14-7-6-8-16(11-14)21-17-10-9-15(13-19-3)12-18(17)20-5-2/h9-10,12,14,16,19H,4-8,11,13H2,1-3H3. The van der Waals surface area contributed by atoms with Crippen molar-refractivity contribution in [2.24, 2.45) is 5.92 Å². The summed E-state index contributed by atoms with van der Waals surface area (Å²) >= 11 is 0. The summed E-state index contributed by atoms with van der Waals surface area (Å²) in [5.41, 5.74) is 1.23. The van der Waals surface area contributed by atoms with Gasteiger partial charge in [-0.25, -0.2) is 0 Å². The Hall–Kier alpha value is -1.22. The maximum Gasteiger partial charge on any atom is 0.161 e. The van der Waals surface area contributed by atoms with Gasteiger partial charge in [0, 0.05) is 6.54 Å². The molecular formula is C18H29NO2. The molecule has 1 aliphatic rings. The fraction of sp³-hybridized carbons (Fsp3) is 0.667. The van der Waals surface area contributed by atoms with E-state index in [1.807, 2.05) is 14.0 Å². The normalized spacial score (nSPS) is 22.0. The zero-order valence-corrected chi connectivity index (χ0v) is 13.7. The van der Waals surface area contributed by atoms with E-state index in [0.29, 0.717) is 12.7 Å². The fourth-order valence-electron chi connectivity index (χ4n) is 3.13. The zero-order valence-electron chi connectivity index (χ0n) is 13.7. The number of rotatable bonds is 7. The van der Waals surface area contributed by atoms with Crippen molar-refractivity contribution in [2.75, 3.05) is 13.7 Å². The summed E-state index contributed by atoms with van der Waals surface area (Å²) in [6.07, 6.45) is 6.60. The van der Waals surface area contributed by atoms with Gasteiger partial charge < -0.3 is 14.8 Å². The first-order valence-corrected chi connectivity index (χ1v) is 8.33. The predicted molar refractivity (Wildman–Crippen MR) is 87.0 cm³/mol. The van der Waals surface area contributed by atoms with Crippen LogP contribution in [-0.2, 0) is 6.54 Å². The van der Waals surface area contributed by atoms with Crippen LogP contribution < -0.4 is 14.8 Å². The largest absolute Gasteiger partial charge is 0.490 e. The van der Waals surface area contributed by atoms with Gasteiger partial charge in [0.15, 0.2) is 11.5 Å². The van der Waals surface area contributed by atoms with Gasteiger partial charge in [0.1, 0.15) is 0 Å². The van der Waals surface area contributed by atoms with Crippen LogP contribution in [-0.4, -0.2) is 19.8 Å². The summed E-state index contributed by atoms with van der Waals surface area (Å²) in [7, 11) is 1.96. The van der Waals surface area contributed by atoms with Crippen LogP contribution in [0.15, 0.2) is 18.2 Å². The Kier molecular flexibility index (Phi) is 6.37. The first-order valence-electron chi connectivity index (χ1n) is 8.33. The lowest BCUT2D eigenvalue weighted by atomic mass is 9.85. The molecule has 1 N–H and O–H groups in total. The van der Waals surface area contributed by atoms with Crippen LogP contribution in [0.25, 0.3) is 0 Å². The zero-order chi connectivity index (χ0) is 15.1. The van der Waals surface area contributed by atoms with Gasteiger partial charge in [-0.1, -0.05) is 25.8 Å². The van der Waals surface area contributed by atoms with Crippen LogP contribution in [0.5, 0.6) is 11.5 Å². The number of hydrogen-bond donors (Lipinski definition) is 1. The molecule has 0 radical (unpaired) electrons. The second-order valence-electron chi connectivity index (χ2n) is 5.93. The van der Waals surface area contributed by atoms with Crippen molar-refractivity contribution in [3.8, 4) is 11.5 Å². The Morgan fingerprint density at radius 1 is 1.19 bits per heavy atom. The van der Waals surface area contributed by atoms with E-state index in [2.05, 4.69) is 30.4 Å². The maximum absolute atomic E-state index is 6.26. The van der Waals surface area contributed by atoms with Crippen molar-refractivity contribution in [3.05, 3.63) is 23.8 Å². The van der Waals surface area contributed by atoms with E-state index in [-0.39, 0.29) is 0 Å². The van der Waals surface area contributed by atoms with Crippen molar-refractivity contribution in [1.82, 2.24) is 5.32 Å². The third-order valence-corrected chi connectivity index (χ3v) is 4.29. The maximum atomic E-state index is 6.26. The summed E-state index contributed by atoms with van der Waals surface area (Å²) in [6.45, 7) is 5.82. The summed E-state index contributed by atoms with van der Waals surface area (Å²) in [5, 5.41) is 3.17. The molecule has 21 heavy (non-hydrogen) atoms. The van der Waals surface area contributed by atoms with Gasteiger partial charge in [-0.15, -0.1) is 0 Å². The molecule has 0 amide bonds. The summed E-state index contributed by atoms with van der Waals surface area (Å²) < 4.78 is 12.0. The highest BCUT2D eigenvalue weighted by atomic mass is 16.5. The van der Waals surface area contributed by atoms with E-state index in [1.54, 1.807) is 0 Å². The molecule has 2 atom stereocenters. The van der Waals surface area contributed by atoms with E-state index in [4.69, 9.17) is 9.47 Å². The molecule has 1 aromatic carbocycles. The molecule has 0 bridgehead atoms. The van der Waals surface area contributed by atoms with Crippen molar-refractivity contribution >= 4 is 0 Å². The molecule has 0 spiro atoms. The minimum Gasteiger partial charge on any atom is -0.490 e. The van der Waals surface area contributed by atoms with Crippen LogP contribution >= 0.6 is 0 Å². The molecule has 0 saturated heterocycles. The van der Waals surface area contributed by atoms with E-state index in [0.717, 1.165) is 24.0 Å². The second-order valence-corrected chi connectivity index (χ2v) is 5.93. The van der Waals surface area contributed by atoms with Crippen molar-refractivity contribution in [3.63, 3.8) is 0 Å². The number of benzene rings is 1. The topological polar surface area (TPSA) is 30.5 Å². The van der Waals surface area contributed by atoms with Gasteiger partial charge in [0.05, 0.1) is 12.7 Å². The van der Waals surface area contributed by atoms with Gasteiger partial charge in [-0.2, -0.15) is 0 Å². The molecule has 1 saturated carbocycles. The molecule has 1 fully saturated rings. The Bertz CT molecular complexity index is 433. The minimum absolute atomic E-state index is 0.345. The highest BCUT2D eigenvalue weighted by Gasteiger charge is 2.23. The Balaban J connectivity index is 2.07. The molecule has 118 valence electrons. The molecule has 0 heterocycles. The third-order valence-electron chi connectivity index (χ3n) is 4.29. The molecule has 0 aromatic heterocycles. The van der Waals surface area contributed by atoms with Crippen LogP contribution in [0.3, 0.4) is 0 Å². The van der Waals surface area contributed by atoms with Gasteiger partial charge in [0.25, 0.3) is 0 Å². The smallest absolute Gasteiger partial charge is 0.161 e. The molecule has 0 aliphatic heterocycles. The van der Waals surface area contributed by atoms with Crippen LogP contribution in [0.2, 0.25) is 0 Å². The number of ether oxygens (including phenoxy) is 2. The SMILES string of the molecule is CCOc1cc(CNC)ccc1OC1CCCC(CC)C1. The highest BCUT2D eigenvalue weighted by molar-refractivity contribution is 5.43. The average molecular weight is 291 g/mol. The lowest BCUT2D eigenvalue weighted by molar-refractivity contribution is 0.117. The molecule has 3 heteroatoms. The first kappa shape index (κ1) is 16.2. The van der Waals surface area contributed by atoms with Crippen LogP contribution in [0, 0.1) is 5.92 Å².